The zero-order chi connectivity index (χ0) is 15.3. The van der Waals surface area contributed by atoms with Gasteiger partial charge in [0.25, 0.3) is 0 Å². The predicted molar refractivity (Wildman–Crippen MR) is 71.3 cm³/mol. The first-order chi connectivity index (χ1) is 10.1. The average molecular weight is 302 g/mol. The van der Waals surface area contributed by atoms with E-state index in [1.165, 1.54) is 12.0 Å². The van der Waals surface area contributed by atoms with Crippen molar-refractivity contribution in [3.05, 3.63) is 0 Å². The molecule has 0 saturated carbocycles. The summed E-state index contributed by atoms with van der Waals surface area (Å²) in [7, 11) is 1.31. The molecule has 0 aromatic heterocycles. The molecule has 8 heteroatoms. The topological polar surface area (TPSA) is 86.3 Å². The number of amides is 1. The molecule has 8 nitrogen and oxygen atoms in total. The van der Waals surface area contributed by atoms with E-state index in [1.54, 1.807) is 0 Å². The number of carbonyl (C=O) groups excluding carboxylic acids is 2. The molecule has 0 radical (unpaired) electrons. The molecule has 0 bridgehead atoms. The van der Waals surface area contributed by atoms with Crippen molar-refractivity contribution in [2.45, 2.75) is 25.2 Å². The molecule has 0 aromatic rings. The van der Waals surface area contributed by atoms with E-state index in [2.05, 4.69) is 5.32 Å². The molecule has 0 aromatic carbocycles. The standard InChI is InChI=1S/C13H22N2O6/c1-3-19-9-14-7-11(16)15-8-13(20-4-5-21-13)6-10(15)12(17)18-2/h10,14H,3-9H2,1-2H3/t10-/m0/s1. The Balaban J connectivity index is 1.97. The van der Waals surface area contributed by atoms with Crippen molar-refractivity contribution < 1.29 is 28.5 Å². The lowest BCUT2D eigenvalue weighted by Crippen LogP contribution is -2.46. The van der Waals surface area contributed by atoms with E-state index in [9.17, 15) is 9.59 Å². The molecule has 1 amide bonds. The van der Waals surface area contributed by atoms with E-state index in [-0.39, 0.29) is 25.7 Å². The molecule has 2 saturated heterocycles. The lowest BCUT2D eigenvalue weighted by Gasteiger charge is -2.23. The van der Waals surface area contributed by atoms with Gasteiger partial charge in [-0.05, 0) is 6.92 Å². The van der Waals surface area contributed by atoms with Crippen LogP contribution in [0.1, 0.15) is 13.3 Å². The maximum absolute atomic E-state index is 12.3. The molecule has 21 heavy (non-hydrogen) atoms. The second kappa shape index (κ2) is 7.17. The van der Waals surface area contributed by atoms with Crippen LogP contribution in [0.25, 0.3) is 0 Å². The molecule has 1 atom stereocenters. The van der Waals surface area contributed by atoms with Gasteiger partial charge in [-0.1, -0.05) is 0 Å². The number of ether oxygens (including phenoxy) is 4. The van der Waals surface area contributed by atoms with Gasteiger partial charge >= 0.3 is 5.97 Å². The lowest BCUT2D eigenvalue weighted by atomic mass is 10.1. The van der Waals surface area contributed by atoms with Crippen molar-refractivity contribution in [1.29, 1.82) is 0 Å². The van der Waals surface area contributed by atoms with Crippen LogP contribution in [-0.2, 0) is 28.5 Å². The number of nitrogens with zero attached hydrogens (tertiary/aromatic N) is 1. The first kappa shape index (κ1) is 16.2. The maximum atomic E-state index is 12.3. The largest absolute Gasteiger partial charge is 0.467 e. The molecule has 1 spiro atoms. The number of esters is 1. The van der Waals surface area contributed by atoms with Gasteiger partial charge in [0.2, 0.25) is 5.91 Å². The van der Waals surface area contributed by atoms with Crippen LogP contribution in [0.4, 0.5) is 0 Å². The second-order valence-electron chi connectivity index (χ2n) is 4.94. The molecule has 0 aliphatic carbocycles. The average Bonchev–Trinajstić information content (AvgIpc) is 3.10. The zero-order valence-corrected chi connectivity index (χ0v) is 12.4. The number of methoxy groups -OCH3 is 1. The third kappa shape index (κ3) is 3.70. The normalized spacial score (nSPS) is 23.7. The van der Waals surface area contributed by atoms with Gasteiger partial charge in [0.1, 0.15) is 6.04 Å². The van der Waals surface area contributed by atoms with Crippen molar-refractivity contribution in [3.8, 4) is 0 Å². The maximum Gasteiger partial charge on any atom is 0.328 e. The van der Waals surface area contributed by atoms with Gasteiger partial charge in [-0.25, -0.2) is 4.79 Å². The molecule has 2 heterocycles. The van der Waals surface area contributed by atoms with Crippen LogP contribution in [0, 0.1) is 0 Å². The Hall–Kier alpha value is -1.22. The van der Waals surface area contributed by atoms with Crippen molar-refractivity contribution in [3.63, 3.8) is 0 Å². The van der Waals surface area contributed by atoms with E-state index in [0.29, 0.717) is 26.2 Å². The van der Waals surface area contributed by atoms with Crippen LogP contribution in [0.5, 0.6) is 0 Å². The molecule has 2 fully saturated rings. The van der Waals surface area contributed by atoms with E-state index < -0.39 is 17.8 Å². The Bertz CT molecular complexity index is 383. The highest BCUT2D eigenvalue weighted by Crippen LogP contribution is 2.35. The number of nitrogens with one attached hydrogen (secondary N) is 1. The summed E-state index contributed by atoms with van der Waals surface area (Å²) in [6.07, 6.45) is 0.302. The SMILES string of the molecule is CCOCNCC(=O)N1CC2(C[C@H]1C(=O)OC)OCCO2. The van der Waals surface area contributed by atoms with E-state index in [4.69, 9.17) is 18.9 Å². The first-order valence-electron chi connectivity index (χ1n) is 7.05. The van der Waals surface area contributed by atoms with Crippen molar-refractivity contribution in [2.24, 2.45) is 0 Å². The number of hydrogen-bond acceptors (Lipinski definition) is 7. The Labute approximate surface area is 123 Å². The minimum Gasteiger partial charge on any atom is -0.467 e. The third-order valence-electron chi connectivity index (χ3n) is 3.58. The molecule has 2 aliphatic heterocycles. The van der Waals surface area contributed by atoms with Crippen LogP contribution in [0.3, 0.4) is 0 Å². The van der Waals surface area contributed by atoms with E-state index in [0.717, 1.165) is 0 Å². The fraction of sp³-hybridized carbons (Fsp3) is 0.846. The van der Waals surface area contributed by atoms with Gasteiger partial charge in [-0.2, -0.15) is 0 Å². The van der Waals surface area contributed by atoms with Crippen LogP contribution in [0.15, 0.2) is 0 Å². The lowest BCUT2D eigenvalue weighted by molar-refractivity contribution is -0.152. The second-order valence-corrected chi connectivity index (χ2v) is 4.94. The molecule has 1 N–H and O–H groups in total. The van der Waals surface area contributed by atoms with Crippen LogP contribution in [0.2, 0.25) is 0 Å². The zero-order valence-electron chi connectivity index (χ0n) is 12.4. The summed E-state index contributed by atoms with van der Waals surface area (Å²) < 4.78 is 21.0. The molecule has 120 valence electrons. The number of likely N-dealkylation sites (tertiary alicyclic amines) is 1. The van der Waals surface area contributed by atoms with Gasteiger partial charge in [-0.3, -0.25) is 10.1 Å². The highest BCUT2D eigenvalue weighted by atomic mass is 16.7. The summed E-state index contributed by atoms with van der Waals surface area (Å²) in [5, 5.41) is 2.87. The number of hydrogen-bond donors (Lipinski definition) is 1. The Morgan fingerprint density at radius 2 is 2.10 bits per heavy atom. The fourth-order valence-corrected chi connectivity index (χ4v) is 2.59. The summed E-state index contributed by atoms with van der Waals surface area (Å²) in [5.74, 6) is -1.53. The van der Waals surface area contributed by atoms with Crippen molar-refractivity contribution in [1.82, 2.24) is 10.2 Å². The van der Waals surface area contributed by atoms with Gasteiger partial charge in [0.15, 0.2) is 5.79 Å². The Kier molecular flexibility index (Phi) is 5.51. The fourth-order valence-electron chi connectivity index (χ4n) is 2.59. The Morgan fingerprint density at radius 1 is 1.38 bits per heavy atom. The molecule has 2 rings (SSSR count). The highest BCUT2D eigenvalue weighted by molar-refractivity contribution is 5.86. The van der Waals surface area contributed by atoms with Crippen molar-refractivity contribution >= 4 is 11.9 Å². The summed E-state index contributed by atoms with van der Waals surface area (Å²) in [5.41, 5.74) is 0. The highest BCUT2D eigenvalue weighted by Gasteiger charge is 2.52. The summed E-state index contributed by atoms with van der Waals surface area (Å²) in [6, 6.07) is -0.672. The summed E-state index contributed by atoms with van der Waals surface area (Å²) >= 11 is 0. The predicted octanol–water partition coefficient (Wildman–Crippen LogP) is -0.913. The summed E-state index contributed by atoms with van der Waals surface area (Å²) in [6.45, 7) is 4.00. The summed E-state index contributed by atoms with van der Waals surface area (Å²) in [4.78, 5) is 25.6. The van der Waals surface area contributed by atoms with E-state index >= 15 is 0 Å². The smallest absolute Gasteiger partial charge is 0.328 e. The minimum atomic E-state index is -0.867. The molecular weight excluding hydrogens is 280 g/mol. The molecule has 0 unspecified atom stereocenters. The Morgan fingerprint density at radius 3 is 2.71 bits per heavy atom. The van der Waals surface area contributed by atoms with Gasteiger partial charge in [-0.15, -0.1) is 0 Å². The third-order valence-corrected chi connectivity index (χ3v) is 3.58. The minimum absolute atomic E-state index is 0.0869. The number of rotatable bonds is 6. The van der Waals surface area contributed by atoms with Gasteiger partial charge in [0.05, 0.1) is 40.1 Å². The number of carbonyl (C=O) groups is 2. The first-order valence-corrected chi connectivity index (χ1v) is 7.05. The van der Waals surface area contributed by atoms with Crippen LogP contribution >= 0.6 is 0 Å². The van der Waals surface area contributed by atoms with Crippen molar-refractivity contribution in [2.75, 3.05) is 46.8 Å². The monoisotopic (exact) mass is 302 g/mol. The molecule has 2 aliphatic rings. The molecular formula is C13H22N2O6. The van der Waals surface area contributed by atoms with Crippen LogP contribution in [-0.4, -0.2) is 75.4 Å². The quantitative estimate of drug-likeness (QED) is 0.386. The van der Waals surface area contributed by atoms with E-state index in [1.807, 2.05) is 6.92 Å². The van der Waals surface area contributed by atoms with Crippen LogP contribution < -0.4 is 5.32 Å². The van der Waals surface area contributed by atoms with Gasteiger partial charge in [0, 0.05) is 13.0 Å². The van der Waals surface area contributed by atoms with Gasteiger partial charge < -0.3 is 23.8 Å².